The monoisotopic (exact) mass is 120 g/mol. The predicted octanol–water partition coefficient (Wildman–Crippen LogP) is 2.53. The Bertz CT molecular complexity index is 160. The Morgan fingerprint density at radius 3 is 2.33 bits per heavy atom. The Kier molecular flexibility index (Phi) is 0.879. The van der Waals surface area contributed by atoms with Crippen molar-refractivity contribution in [3.8, 4) is 0 Å². The second kappa shape index (κ2) is 1.50. The third-order valence-corrected chi connectivity index (χ3v) is 2.62. The number of rotatable bonds is 1. The first-order valence-electron chi connectivity index (χ1n) is 3.73. The third kappa shape index (κ3) is 0.592. The molecule has 0 heteroatoms. The fourth-order valence-electron chi connectivity index (χ4n) is 1.84. The maximum atomic E-state index is 2.37. The van der Waals surface area contributed by atoms with Crippen LogP contribution in [-0.4, -0.2) is 0 Å². The lowest BCUT2D eigenvalue weighted by Crippen LogP contribution is -2.06. The van der Waals surface area contributed by atoms with Gasteiger partial charge in [-0.25, -0.2) is 0 Å². The van der Waals surface area contributed by atoms with E-state index in [-0.39, 0.29) is 0 Å². The van der Waals surface area contributed by atoms with Crippen LogP contribution >= 0.6 is 0 Å². The van der Waals surface area contributed by atoms with E-state index in [1.165, 1.54) is 12.8 Å². The first-order valence-corrected chi connectivity index (χ1v) is 3.73. The standard InChI is InChI=1S/C9H12/c1-2-9-5-3-8(7-9)4-6-9/h3-6,8H,2,7H2,1H3. The van der Waals surface area contributed by atoms with Crippen LogP contribution in [0.25, 0.3) is 0 Å². The summed E-state index contributed by atoms with van der Waals surface area (Å²) in [5, 5.41) is 0. The minimum atomic E-state index is 0.491. The molecule has 0 nitrogen and oxygen atoms in total. The highest BCUT2D eigenvalue weighted by Gasteiger charge is 2.33. The maximum absolute atomic E-state index is 2.37. The molecule has 0 spiro atoms. The van der Waals surface area contributed by atoms with Crippen LogP contribution in [0.1, 0.15) is 19.8 Å². The Balaban J connectivity index is 2.32. The summed E-state index contributed by atoms with van der Waals surface area (Å²) in [5.41, 5.74) is 0.491. The Morgan fingerprint density at radius 2 is 2.11 bits per heavy atom. The normalized spacial score (nSPS) is 44.8. The van der Waals surface area contributed by atoms with Crippen molar-refractivity contribution >= 4 is 0 Å². The van der Waals surface area contributed by atoms with E-state index >= 15 is 0 Å². The third-order valence-electron chi connectivity index (χ3n) is 2.62. The first kappa shape index (κ1) is 5.28. The van der Waals surface area contributed by atoms with Gasteiger partial charge >= 0.3 is 0 Å². The van der Waals surface area contributed by atoms with Crippen molar-refractivity contribution in [2.75, 3.05) is 0 Å². The van der Waals surface area contributed by atoms with E-state index in [9.17, 15) is 0 Å². The zero-order chi connectivity index (χ0) is 6.32. The van der Waals surface area contributed by atoms with Crippen LogP contribution in [0, 0.1) is 11.3 Å². The Labute approximate surface area is 56.3 Å². The lowest BCUT2D eigenvalue weighted by molar-refractivity contribution is 0.466. The van der Waals surface area contributed by atoms with Gasteiger partial charge in [-0.2, -0.15) is 0 Å². The molecule has 0 radical (unpaired) electrons. The van der Waals surface area contributed by atoms with Crippen LogP contribution in [0.3, 0.4) is 0 Å². The van der Waals surface area contributed by atoms with E-state index in [4.69, 9.17) is 0 Å². The fraction of sp³-hybridized carbons (Fsp3) is 0.556. The summed E-state index contributed by atoms with van der Waals surface area (Å²) in [5.74, 6) is 0.782. The molecule has 2 aliphatic rings. The van der Waals surface area contributed by atoms with Crippen molar-refractivity contribution < 1.29 is 0 Å². The van der Waals surface area contributed by atoms with E-state index < -0.39 is 0 Å². The van der Waals surface area contributed by atoms with Gasteiger partial charge in [0.05, 0.1) is 0 Å². The molecule has 2 aliphatic carbocycles. The van der Waals surface area contributed by atoms with Crippen LogP contribution in [0.2, 0.25) is 0 Å². The van der Waals surface area contributed by atoms with E-state index in [1.54, 1.807) is 0 Å². The quantitative estimate of drug-likeness (QED) is 0.466. The molecule has 0 aromatic heterocycles. The van der Waals surface area contributed by atoms with Crippen molar-refractivity contribution in [3.63, 3.8) is 0 Å². The van der Waals surface area contributed by atoms with Gasteiger partial charge in [-0.1, -0.05) is 31.2 Å². The molecule has 9 heavy (non-hydrogen) atoms. The van der Waals surface area contributed by atoms with Crippen molar-refractivity contribution in [1.29, 1.82) is 0 Å². The summed E-state index contributed by atoms with van der Waals surface area (Å²) in [4.78, 5) is 0. The summed E-state index contributed by atoms with van der Waals surface area (Å²) in [6, 6.07) is 0. The van der Waals surface area contributed by atoms with E-state index in [0.29, 0.717) is 5.41 Å². The summed E-state index contributed by atoms with van der Waals surface area (Å²) >= 11 is 0. The molecule has 0 aliphatic heterocycles. The summed E-state index contributed by atoms with van der Waals surface area (Å²) in [7, 11) is 0. The zero-order valence-electron chi connectivity index (χ0n) is 5.80. The largest absolute Gasteiger partial charge is 0.0807 e. The summed E-state index contributed by atoms with van der Waals surface area (Å²) < 4.78 is 0. The summed E-state index contributed by atoms with van der Waals surface area (Å²) in [6.07, 6.45) is 12.0. The Hall–Kier alpha value is -0.520. The van der Waals surface area contributed by atoms with Gasteiger partial charge in [0.25, 0.3) is 0 Å². The molecule has 0 aromatic rings. The number of allylic oxidation sites excluding steroid dienone is 4. The van der Waals surface area contributed by atoms with Crippen LogP contribution in [0.15, 0.2) is 24.3 Å². The maximum Gasteiger partial charge on any atom is 0.00673 e. The van der Waals surface area contributed by atoms with Crippen molar-refractivity contribution in [2.24, 2.45) is 11.3 Å². The molecule has 2 rings (SSSR count). The zero-order valence-corrected chi connectivity index (χ0v) is 5.80. The second-order valence-electron chi connectivity index (χ2n) is 3.17. The molecule has 48 valence electrons. The van der Waals surface area contributed by atoms with E-state index in [1.807, 2.05) is 0 Å². The van der Waals surface area contributed by atoms with Crippen LogP contribution < -0.4 is 0 Å². The van der Waals surface area contributed by atoms with Gasteiger partial charge in [0.15, 0.2) is 0 Å². The molecule has 0 aromatic carbocycles. The van der Waals surface area contributed by atoms with Crippen LogP contribution in [0.4, 0.5) is 0 Å². The second-order valence-corrected chi connectivity index (χ2v) is 3.17. The van der Waals surface area contributed by atoms with Crippen LogP contribution in [-0.2, 0) is 0 Å². The average molecular weight is 120 g/mol. The molecule has 0 heterocycles. The van der Waals surface area contributed by atoms with Crippen molar-refractivity contribution in [1.82, 2.24) is 0 Å². The predicted molar refractivity (Wildman–Crippen MR) is 39.1 cm³/mol. The van der Waals surface area contributed by atoms with Gasteiger partial charge in [0.2, 0.25) is 0 Å². The molecular formula is C9H12. The number of hydrogen-bond acceptors (Lipinski definition) is 0. The molecule has 0 saturated carbocycles. The molecule has 0 atom stereocenters. The van der Waals surface area contributed by atoms with E-state index in [0.717, 1.165) is 5.92 Å². The molecule has 0 fully saturated rings. The molecule has 0 unspecified atom stereocenters. The minimum absolute atomic E-state index is 0.491. The summed E-state index contributed by atoms with van der Waals surface area (Å²) in [6.45, 7) is 2.27. The van der Waals surface area contributed by atoms with Crippen molar-refractivity contribution in [3.05, 3.63) is 24.3 Å². The lowest BCUT2D eigenvalue weighted by Gasteiger charge is -2.17. The van der Waals surface area contributed by atoms with Gasteiger partial charge in [-0.3, -0.25) is 0 Å². The van der Waals surface area contributed by atoms with Gasteiger partial charge in [-0.05, 0) is 18.8 Å². The average Bonchev–Trinajstić information content (AvgIpc) is 2.46. The van der Waals surface area contributed by atoms with Gasteiger partial charge in [0, 0.05) is 5.41 Å². The molecule has 2 bridgehead atoms. The van der Waals surface area contributed by atoms with Crippen LogP contribution in [0.5, 0.6) is 0 Å². The Morgan fingerprint density at radius 1 is 1.44 bits per heavy atom. The number of fused-ring (bicyclic) bond motifs is 2. The van der Waals surface area contributed by atoms with Gasteiger partial charge < -0.3 is 0 Å². The highest BCUT2D eigenvalue weighted by Crippen LogP contribution is 2.45. The highest BCUT2D eigenvalue weighted by atomic mass is 14.4. The highest BCUT2D eigenvalue weighted by molar-refractivity contribution is 5.28. The minimum Gasteiger partial charge on any atom is -0.0807 e. The smallest absolute Gasteiger partial charge is 0.00673 e. The molecule has 0 N–H and O–H groups in total. The molecular weight excluding hydrogens is 108 g/mol. The number of hydrogen-bond donors (Lipinski definition) is 0. The van der Waals surface area contributed by atoms with Gasteiger partial charge in [-0.15, -0.1) is 0 Å². The lowest BCUT2D eigenvalue weighted by atomic mass is 9.87. The SMILES string of the molecule is CCC12C=CC(C=C1)C2. The molecule has 0 amide bonds. The van der Waals surface area contributed by atoms with E-state index in [2.05, 4.69) is 31.2 Å². The topological polar surface area (TPSA) is 0 Å². The van der Waals surface area contributed by atoms with Gasteiger partial charge in [0.1, 0.15) is 0 Å². The van der Waals surface area contributed by atoms with Crippen molar-refractivity contribution in [2.45, 2.75) is 19.8 Å². The fourth-order valence-corrected chi connectivity index (χ4v) is 1.84. The first-order chi connectivity index (χ1) is 4.35. The molecule has 0 saturated heterocycles.